The molecule has 2 N–H and O–H groups in total. The van der Waals surface area contributed by atoms with E-state index >= 15 is 0 Å². The molecule has 0 bridgehead atoms. The Bertz CT molecular complexity index is 1100. The molecule has 1 unspecified atom stereocenters. The van der Waals surface area contributed by atoms with E-state index in [1.807, 2.05) is 54.6 Å². The minimum absolute atomic E-state index is 0.0569. The number of aromatic nitrogens is 4. The number of H-pyrrole nitrogens is 2. The van der Waals surface area contributed by atoms with Crippen LogP contribution in [0.1, 0.15) is 45.8 Å². The summed E-state index contributed by atoms with van der Waals surface area (Å²) in [6, 6.07) is 17.7. The van der Waals surface area contributed by atoms with Crippen molar-refractivity contribution in [1.82, 2.24) is 20.2 Å². The van der Waals surface area contributed by atoms with Crippen LogP contribution in [0.3, 0.4) is 0 Å². The number of carbonyl (C=O) groups excluding carboxylic acids is 1. The molecule has 1 saturated carbocycles. The number of nitrogens with one attached hydrogen (secondary N) is 2. The largest absolute Gasteiger partial charge is 0.360 e. The fraction of sp³-hybridized carbons (Fsp3) is 0.190. The van der Waals surface area contributed by atoms with Crippen LogP contribution in [0.4, 0.5) is 0 Å². The molecule has 0 amide bonds. The molecule has 0 radical (unpaired) electrons. The number of ketones is 1. The number of fused-ring (bicyclic) bond motifs is 1. The van der Waals surface area contributed by atoms with E-state index in [-0.39, 0.29) is 5.78 Å². The van der Waals surface area contributed by atoms with E-state index in [1.54, 1.807) is 6.20 Å². The molecule has 1 aliphatic carbocycles. The number of hydrogen-bond acceptors (Lipinski definition) is 4. The van der Waals surface area contributed by atoms with Gasteiger partial charge in [0, 0.05) is 28.6 Å². The van der Waals surface area contributed by atoms with E-state index in [2.05, 4.69) is 20.2 Å². The van der Waals surface area contributed by atoms with Gasteiger partial charge in [0.1, 0.15) is 11.1 Å². The number of rotatable bonds is 6. The number of nitrogens with zero attached hydrogens (tertiary/aromatic N) is 2. The molecule has 4 aromatic rings. The summed E-state index contributed by atoms with van der Waals surface area (Å²) in [6.45, 7) is 0. The van der Waals surface area contributed by atoms with Crippen LogP contribution in [-0.4, -0.2) is 25.9 Å². The predicted molar refractivity (Wildman–Crippen MR) is 106 cm³/mol. The molecule has 5 rings (SSSR count). The number of benzene rings is 2. The minimum atomic E-state index is -0.395. The normalized spacial score (nSPS) is 15.1. The molecule has 2 aromatic carbocycles. The van der Waals surface area contributed by atoms with Crippen LogP contribution in [0.2, 0.25) is 0 Å². The van der Waals surface area contributed by atoms with E-state index in [0.717, 1.165) is 35.1 Å². The second-order valence-corrected chi connectivity index (χ2v) is 7.87. The summed E-state index contributed by atoms with van der Waals surface area (Å²) in [4.78, 5) is 21.3. The van der Waals surface area contributed by atoms with Crippen molar-refractivity contribution in [2.24, 2.45) is 0 Å². The van der Waals surface area contributed by atoms with Crippen molar-refractivity contribution in [2.75, 3.05) is 0 Å². The highest BCUT2D eigenvalue weighted by Crippen LogP contribution is 2.41. The monoisotopic (exact) mass is 374 g/mol. The van der Waals surface area contributed by atoms with E-state index in [9.17, 15) is 4.79 Å². The van der Waals surface area contributed by atoms with Crippen molar-refractivity contribution in [3.63, 3.8) is 0 Å². The molecule has 0 aliphatic heterocycles. The van der Waals surface area contributed by atoms with Crippen LogP contribution in [0.5, 0.6) is 0 Å². The van der Waals surface area contributed by atoms with E-state index < -0.39 is 5.25 Å². The second kappa shape index (κ2) is 6.70. The smallest absolute Gasteiger partial charge is 0.209 e. The molecule has 1 atom stereocenters. The van der Waals surface area contributed by atoms with Crippen LogP contribution in [0.15, 0.2) is 66.0 Å². The Kier molecular flexibility index (Phi) is 4.05. The maximum atomic E-state index is 13.5. The van der Waals surface area contributed by atoms with Crippen molar-refractivity contribution in [3.8, 4) is 0 Å². The lowest BCUT2D eigenvalue weighted by Gasteiger charge is -2.14. The van der Waals surface area contributed by atoms with Gasteiger partial charge in [-0.1, -0.05) is 60.3 Å². The van der Waals surface area contributed by atoms with Crippen LogP contribution < -0.4 is 0 Å². The van der Waals surface area contributed by atoms with E-state index in [4.69, 9.17) is 0 Å². The Morgan fingerprint density at radius 2 is 1.85 bits per heavy atom. The van der Waals surface area contributed by atoms with Gasteiger partial charge in [-0.3, -0.25) is 9.89 Å². The van der Waals surface area contributed by atoms with Gasteiger partial charge < -0.3 is 4.98 Å². The maximum Gasteiger partial charge on any atom is 0.209 e. The molecule has 2 aromatic heterocycles. The molecule has 0 spiro atoms. The van der Waals surface area contributed by atoms with Crippen LogP contribution in [-0.2, 0) is 0 Å². The van der Waals surface area contributed by atoms with E-state index in [0.29, 0.717) is 16.6 Å². The fourth-order valence-corrected chi connectivity index (χ4v) is 4.26. The van der Waals surface area contributed by atoms with Gasteiger partial charge in [-0.05, 0) is 24.5 Å². The highest BCUT2D eigenvalue weighted by molar-refractivity contribution is 8.00. The highest BCUT2D eigenvalue weighted by Gasteiger charge is 2.30. The Balaban J connectivity index is 1.51. The second-order valence-electron chi connectivity index (χ2n) is 6.80. The average molecular weight is 374 g/mol. The van der Waals surface area contributed by atoms with E-state index in [1.165, 1.54) is 11.8 Å². The fourth-order valence-electron chi connectivity index (χ4n) is 3.27. The number of hydrogen-bond donors (Lipinski definition) is 2. The van der Waals surface area contributed by atoms with Crippen molar-refractivity contribution >= 4 is 28.4 Å². The summed E-state index contributed by atoms with van der Waals surface area (Å²) in [5, 5.41) is 8.54. The number of thioether (sulfide) groups is 1. The Morgan fingerprint density at radius 3 is 2.67 bits per heavy atom. The zero-order chi connectivity index (χ0) is 18.2. The average Bonchev–Trinajstić information content (AvgIpc) is 3.30. The molecule has 27 heavy (non-hydrogen) atoms. The zero-order valence-corrected chi connectivity index (χ0v) is 15.4. The maximum absolute atomic E-state index is 13.5. The molecular weight excluding hydrogens is 356 g/mol. The summed E-state index contributed by atoms with van der Waals surface area (Å²) in [5.41, 5.74) is 2.62. The third-order valence-electron chi connectivity index (χ3n) is 4.86. The summed E-state index contributed by atoms with van der Waals surface area (Å²) >= 11 is 1.41. The Hall–Kier alpha value is -2.86. The zero-order valence-electron chi connectivity index (χ0n) is 14.6. The van der Waals surface area contributed by atoms with Crippen molar-refractivity contribution in [2.45, 2.75) is 29.2 Å². The first kappa shape index (κ1) is 16.3. The number of carbonyl (C=O) groups is 1. The lowest BCUT2D eigenvalue weighted by molar-refractivity contribution is 0.0991. The molecule has 1 fully saturated rings. The topological polar surface area (TPSA) is 74.4 Å². The first-order chi connectivity index (χ1) is 13.3. The quantitative estimate of drug-likeness (QED) is 0.373. The first-order valence-electron chi connectivity index (χ1n) is 9.04. The first-order valence-corrected chi connectivity index (χ1v) is 9.92. The van der Waals surface area contributed by atoms with Crippen molar-refractivity contribution in [1.29, 1.82) is 0 Å². The Morgan fingerprint density at radius 1 is 1.07 bits per heavy atom. The number of Topliss-reactive ketones (excluding diaryl/α,β-unsaturated/α-hetero) is 1. The SMILES string of the molecule is O=C(c1c[nH]c2ccccc12)C(Sc1n[nH]c(C2CC2)n1)c1ccccc1. The van der Waals surface area contributed by atoms with Gasteiger partial charge in [0.25, 0.3) is 0 Å². The molecule has 5 nitrogen and oxygen atoms in total. The van der Waals surface area contributed by atoms with Gasteiger partial charge in [0.2, 0.25) is 5.16 Å². The molecule has 2 heterocycles. The standard InChI is InChI=1S/C21H18N4OS/c26-18(16-12-22-17-9-5-4-8-15(16)17)19(13-6-2-1-3-7-13)27-21-23-20(24-25-21)14-10-11-14/h1-9,12,14,19,22H,10-11H2,(H,23,24,25). The van der Waals surface area contributed by atoms with Gasteiger partial charge in [-0.25, -0.2) is 4.98 Å². The van der Waals surface area contributed by atoms with Crippen molar-refractivity contribution < 1.29 is 4.79 Å². The predicted octanol–water partition coefficient (Wildman–Crippen LogP) is 4.88. The van der Waals surface area contributed by atoms with Crippen LogP contribution in [0, 0.1) is 0 Å². The highest BCUT2D eigenvalue weighted by atomic mass is 32.2. The molecule has 134 valence electrons. The van der Waals surface area contributed by atoms with Gasteiger partial charge in [-0.2, -0.15) is 0 Å². The lowest BCUT2D eigenvalue weighted by Crippen LogP contribution is -2.10. The minimum Gasteiger partial charge on any atom is -0.360 e. The molecule has 0 saturated heterocycles. The summed E-state index contributed by atoms with van der Waals surface area (Å²) < 4.78 is 0. The van der Waals surface area contributed by atoms with Crippen LogP contribution in [0.25, 0.3) is 10.9 Å². The summed E-state index contributed by atoms with van der Waals surface area (Å²) in [7, 11) is 0. The lowest BCUT2D eigenvalue weighted by atomic mass is 10.0. The van der Waals surface area contributed by atoms with Gasteiger partial charge in [0.05, 0.1) is 0 Å². The molecular formula is C21H18N4OS. The van der Waals surface area contributed by atoms with Crippen molar-refractivity contribution in [3.05, 3.63) is 77.7 Å². The summed E-state index contributed by atoms with van der Waals surface area (Å²) in [6.07, 6.45) is 4.13. The molecule has 6 heteroatoms. The Labute approximate surface area is 160 Å². The van der Waals surface area contributed by atoms with Gasteiger partial charge in [-0.15, -0.1) is 5.10 Å². The number of para-hydroxylation sites is 1. The molecule has 1 aliphatic rings. The number of aromatic amines is 2. The van der Waals surface area contributed by atoms with Crippen LogP contribution >= 0.6 is 11.8 Å². The third-order valence-corrected chi connectivity index (χ3v) is 5.98. The third kappa shape index (κ3) is 3.17. The van der Waals surface area contributed by atoms with Gasteiger partial charge in [0.15, 0.2) is 5.78 Å². The summed E-state index contributed by atoms with van der Waals surface area (Å²) in [5.74, 6) is 1.50. The van der Waals surface area contributed by atoms with Gasteiger partial charge >= 0.3 is 0 Å².